The Morgan fingerprint density at radius 3 is 1.36 bits per heavy atom. The molecule has 0 aliphatic carbocycles. The maximum atomic E-state index is 3.47. The molecule has 14 heavy (non-hydrogen) atoms. The van der Waals surface area contributed by atoms with E-state index in [0.29, 0.717) is 0 Å². The third kappa shape index (κ3) is 4.17. The highest BCUT2D eigenvalue weighted by atomic mass is 80.0. The van der Waals surface area contributed by atoms with Crippen LogP contribution >= 0.6 is 95.6 Å². The molecule has 0 amide bonds. The normalized spacial score (nSPS) is 13.0. The Morgan fingerprint density at radius 1 is 0.714 bits per heavy atom. The minimum absolute atomic E-state index is 0.374. The molecule has 1 rings (SSSR count). The zero-order valence-electron chi connectivity index (χ0n) is 6.58. The molecular formula is C8H4Br6. The van der Waals surface area contributed by atoms with Crippen LogP contribution in [-0.4, -0.2) is 0 Å². The lowest BCUT2D eigenvalue weighted by Crippen LogP contribution is -2.03. The van der Waals surface area contributed by atoms with Gasteiger partial charge in [-0.25, -0.2) is 0 Å². The first-order chi connectivity index (χ1) is 6.21. The van der Waals surface area contributed by atoms with E-state index >= 15 is 0 Å². The van der Waals surface area contributed by atoms with Crippen LogP contribution in [0.4, 0.5) is 0 Å². The molecule has 0 saturated heterocycles. The van der Waals surface area contributed by atoms with Gasteiger partial charge in [0.15, 0.2) is 4.29 Å². The summed E-state index contributed by atoms with van der Waals surface area (Å²) in [5.41, 5.74) is 2.16. The van der Waals surface area contributed by atoms with Crippen LogP contribution in [0.25, 0.3) is 0 Å². The summed E-state index contributed by atoms with van der Waals surface area (Å²) >= 11 is 20.8. The molecule has 78 valence electrons. The Hall–Kier alpha value is 2.10. The zero-order valence-corrected chi connectivity index (χ0v) is 16.1. The Labute approximate surface area is 133 Å². The fourth-order valence-electron chi connectivity index (χ4n) is 0.872. The number of hydrogen-bond acceptors (Lipinski definition) is 0. The molecule has 0 fully saturated rings. The predicted molar refractivity (Wildman–Crippen MR) is 83.4 cm³/mol. The van der Waals surface area contributed by atoms with Gasteiger partial charge in [-0.15, -0.1) is 0 Å². The first-order valence-corrected chi connectivity index (χ1v) is 8.21. The lowest BCUT2D eigenvalue weighted by molar-refractivity contribution is 1.28. The maximum Gasteiger partial charge on any atom is 0.159 e. The highest BCUT2D eigenvalue weighted by Gasteiger charge is 2.25. The topological polar surface area (TPSA) is 0 Å². The first kappa shape index (κ1) is 14.2. The van der Waals surface area contributed by atoms with Gasteiger partial charge in [0.2, 0.25) is 0 Å². The van der Waals surface area contributed by atoms with E-state index in [0.717, 1.165) is 11.1 Å². The van der Waals surface area contributed by atoms with Crippen molar-refractivity contribution < 1.29 is 0 Å². The zero-order chi connectivity index (χ0) is 11.0. The largest absolute Gasteiger partial charge is 0.159 e. The van der Waals surface area contributed by atoms with Gasteiger partial charge >= 0.3 is 0 Å². The monoisotopic (exact) mass is 574 g/mol. The van der Waals surface area contributed by atoms with Crippen LogP contribution in [0.1, 0.15) is 11.1 Å². The standard InChI is InChI=1S/C8H4Br6/c9-7(10,11)5-2-1-3-6(4-5)8(12,13)14/h1-4H. The molecule has 0 heterocycles. The van der Waals surface area contributed by atoms with E-state index in [9.17, 15) is 0 Å². The number of hydrogen-bond donors (Lipinski definition) is 0. The van der Waals surface area contributed by atoms with Crippen molar-refractivity contribution in [1.29, 1.82) is 0 Å². The highest BCUT2D eigenvalue weighted by Crippen LogP contribution is 2.48. The second-order valence-electron chi connectivity index (χ2n) is 2.58. The van der Waals surface area contributed by atoms with E-state index in [1.54, 1.807) is 0 Å². The maximum absolute atomic E-state index is 3.47. The lowest BCUT2D eigenvalue weighted by atomic mass is 10.2. The molecule has 6 heteroatoms. The van der Waals surface area contributed by atoms with Crippen LogP contribution in [0.5, 0.6) is 0 Å². The van der Waals surface area contributed by atoms with Crippen LogP contribution in [0.15, 0.2) is 24.3 Å². The molecule has 1 aromatic rings. The van der Waals surface area contributed by atoms with Gasteiger partial charge in [-0.2, -0.15) is 0 Å². The summed E-state index contributed by atoms with van der Waals surface area (Å²) in [6.45, 7) is 0. The molecular weight excluding hydrogens is 576 g/mol. The van der Waals surface area contributed by atoms with E-state index in [-0.39, 0.29) is 4.29 Å². The molecule has 0 bridgehead atoms. The summed E-state index contributed by atoms with van der Waals surface area (Å²) in [5.74, 6) is 0. The third-order valence-corrected chi connectivity index (χ3v) is 4.26. The van der Waals surface area contributed by atoms with Crippen LogP contribution in [0, 0.1) is 0 Å². The van der Waals surface area contributed by atoms with Gasteiger partial charge < -0.3 is 0 Å². The van der Waals surface area contributed by atoms with Gasteiger partial charge in [0, 0.05) is 0 Å². The molecule has 0 nitrogen and oxygen atoms in total. The Balaban J connectivity index is 3.15. The van der Waals surface area contributed by atoms with Gasteiger partial charge in [-0.1, -0.05) is 114 Å². The predicted octanol–water partition coefficient (Wildman–Crippen LogP) is 6.28. The Bertz CT molecular complexity index is 292. The van der Waals surface area contributed by atoms with Crippen LogP contribution in [-0.2, 0) is 4.29 Å². The summed E-state index contributed by atoms with van der Waals surface area (Å²) in [4.78, 5) is 0. The van der Waals surface area contributed by atoms with Crippen molar-refractivity contribution >= 4 is 95.6 Å². The van der Waals surface area contributed by atoms with Crippen molar-refractivity contribution in [3.63, 3.8) is 0 Å². The second-order valence-corrected chi connectivity index (χ2v) is 16.1. The van der Waals surface area contributed by atoms with Crippen LogP contribution < -0.4 is 0 Å². The number of rotatable bonds is 0. The third-order valence-electron chi connectivity index (χ3n) is 1.52. The summed E-state index contributed by atoms with van der Waals surface area (Å²) in [7, 11) is 0. The molecule has 0 radical (unpaired) electrons. The minimum atomic E-state index is -0.374. The minimum Gasteiger partial charge on any atom is -0.0615 e. The Kier molecular flexibility index (Phi) is 5.23. The van der Waals surface area contributed by atoms with E-state index < -0.39 is 0 Å². The molecule has 0 aliphatic rings. The number of benzene rings is 1. The van der Waals surface area contributed by atoms with Gasteiger partial charge in [-0.3, -0.25) is 0 Å². The molecule has 0 spiro atoms. The van der Waals surface area contributed by atoms with Gasteiger partial charge in [0.25, 0.3) is 0 Å². The molecule has 0 N–H and O–H groups in total. The number of alkyl halides is 6. The van der Waals surface area contributed by atoms with Crippen molar-refractivity contribution in [2.45, 2.75) is 4.29 Å². The van der Waals surface area contributed by atoms with Gasteiger partial charge in [0.05, 0.1) is 0 Å². The van der Waals surface area contributed by atoms with E-state index in [4.69, 9.17) is 0 Å². The Morgan fingerprint density at radius 2 is 1.07 bits per heavy atom. The smallest absolute Gasteiger partial charge is 0.0615 e. The fraction of sp³-hybridized carbons (Fsp3) is 0.250. The van der Waals surface area contributed by atoms with Gasteiger partial charge in [-0.05, 0) is 17.2 Å². The van der Waals surface area contributed by atoms with E-state index in [1.165, 1.54) is 0 Å². The fourth-order valence-corrected chi connectivity index (χ4v) is 2.35. The summed E-state index contributed by atoms with van der Waals surface area (Å²) < 4.78 is -0.748. The van der Waals surface area contributed by atoms with E-state index in [2.05, 4.69) is 102 Å². The molecule has 0 saturated carbocycles. The lowest BCUT2D eigenvalue weighted by Gasteiger charge is -2.17. The molecule has 0 unspecified atom stereocenters. The second kappa shape index (κ2) is 5.17. The van der Waals surface area contributed by atoms with Crippen molar-refractivity contribution in [2.75, 3.05) is 0 Å². The van der Waals surface area contributed by atoms with Crippen LogP contribution in [0.3, 0.4) is 0 Å². The molecule has 1 aromatic carbocycles. The average molecular weight is 580 g/mol. The van der Waals surface area contributed by atoms with Crippen molar-refractivity contribution in [3.05, 3.63) is 35.4 Å². The van der Waals surface area contributed by atoms with Crippen molar-refractivity contribution in [1.82, 2.24) is 0 Å². The summed E-state index contributed by atoms with van der Waals surface area (Å²) in [6.07, 6.45) is 0. The number of halogens is 6. The molecule has 0 aromatic heterocycles. The quantitative estimate of drug-likeness (QED) is 0.318. The van der Waals surface area contributed by atoms with Crippen molar-refractivity contribution in [2.24, 2.45) is 0 Å². The van der Waals surface area contributed by atoms with Crippen molar-refractivity contribution in [3.8, 4) is 0 Å². The van der Waals surface area contributed by atoms with Gasteiger partial charge in [0.1, 0.15) is 0 Å². The SMILES string of the molecule is BrC(Br)(Br)c1cccc(C(Br)(Br)Br)c1. The summed E-state index contributed by atoms with van der Waals surface area (Å²) in [5, 5.41) is 0. The van der Waals surface area contributed by atoms with Crippen LogP contribution in [0.2, 0.25) is 0 Å². The first-order valence-electron chi connectivity index (χ1n) is 3.46. The highest BCUT2D eigenvalue weighted by molar-refractivity contribution is 9.39. The molecule has 0 atom stereocenters. The molecule has 0 aliphatic heterocycles. The average Bonchev–Trinajstić information content (AvgIpc) is 2.01. The van der Waals surface area contributed by atoms with E-state index in [1.807, 2.05) is 18.2 Å². The summed E-state index contributed by atoms with van der Waals surface area (Å²) in [6, 6.07) is 8.07.